The van der Waals surface area contributed by atoms with Crippen LogP contribution in [0.3, 0.4) is 0 Å². The lowest BCUT2D eigenvalue weighted by molar-refractivity contribution is -0.128. The zero-order chi connectivity index (χ0) is 13.4. The Bertz CT molecular complexity index is 620. The van der Waals surface area contributed by atoms with E-state index in [9.17, 15) is 4.79 Å². The van der Waals surface area contributed by atoms with Crippen molar-refractivity contribution in [1.82, 2.24) is 9.88 Å². The molecule has 1 aromatic heterocycles. The number of carbonyl (C=O) groups is 1. The van der Waals surface area contributed by atoms with E-state index in [0.717, 1.165) is 18.5 Å². The topological polar surface area (TPSA) is 72.4 Å². The minimum atomic E-state index is 0.189. The smallest absolute Gasteiger partial charge is 0.223 e. The fourth-order valence-electron chi connectivity index (χ4n) is 2.50. The number of anilines is 1. The molecule has 2 aromatic rings. The van der Waals surface area contributed by atoms with E-state index in [1.165, 1.54) is 0 Å². The Balaban J connectivity index is 1.80. The van der Waals surface area contributed by atoms with Gasteiger partial charge in [0.2, 0.25) is 11.8 Å². The summed E-state index contributed by atoms with van der Waals surface area (Å²) in [6.07, 6.45) is 1.68. The molecule has 0 saturated carbocycles. The summed E-state index contributed by atoms with van der Waals surface area (Å²) in [6.45, 7) is 3.36. The average Bonchev–Trinajstić information content (AvgIpc) is 2.93. The number of benzene rings is 1. The second-order valence-corrected chi connectivity index (χ2v) is 5.09. The first-order chi connectivity index (χ1) is 9.15. The number of aromatic nitrogens is 1. The number of likely N-dealkylation sites (tertiary alicyclic amines) is 1. The Morgan fingerprint density at radius 1 is 1.53 bits per heavy atom. The van der Waals surface area contributed by atoms with Crippen LogP contribution < -0.4 is 5.73 Å². The second kappa shape index (κ2) is 4.57. The molecule has 1 saturated heterocycles. The minimum absolute atomic E-state index is 0.189. The van der Waals surface area contributed by atoms with E-state index in [1.807, 2.05) is 11.0 Å². The maximum absolute atomic E-state index is 11.9. The summed E-state index contributed by atoms with van der Waals surface area (Å²) in [4.78, 5) is 18.1. The highest BCUT2D eigenvalue weighted by Gasteiger charge is 2.29. The highest BCUT2D eigenvalue weighted by molar-refractivity contribution is 5.79. The fourth-order valence-corrected chi connectivity index (χ4v) is 2.50. The molecule has 1 amide bonds. The Labute approximate surface area is 111 Å². The number of rotatable bonds is 3. The van der Waals surface area contributed by atoms with Crippen molar-refractivity contribution in [3.63, 3.8) is 0 Å². The van der Waals surface area contributed by atoms with E-state index in [2.05, 4.69) is 11.9 Å². The Hall–Kier alpha value is -2.04. The van der Waals surface area contributed by atoms with Crippen molar-refractivity contribution in [2.75, 3.05) is 12.3 Å². The molecule has 1 atom stereocenters. The fraction of sp³-hybridized carbons (Fsp3) is 0.429. The van der Waals surface area contributed by atoms with Crippen LogP contribution in [-0.2, 0) is 11.3 Å². The van der Waals surface area contributed by atoms with Gasteiger partial charge in [-0.25, -0.2) is 4.98 Å². The monoisotopic (exact) mass is 259 g/mol. The first-order valence-electron chi connectivity index (χ1n) is 6.58. The van der Waals surface area contributed by atoms with E-state index in [4.69, 9.17) is 10.2 Å². The number of oxazole rings is 1. The van der Waals surface area contributed by atoms with Gasteiger partial charge in [-0.05, 0) is 18.1 Å². The number of carbonyl (C=O) groups excluding carboxylic acids is 1. The molecule has 0 radical (unpaired) electrons. The van der Waals surface area contributed by atoms with Crippen molar-refractivity contribution in [3.8, 4) is 0 Å². The van der Waals surface area contributed by atoms with Crippen molar-refractivity contribution in [3.05, 3.63) is 24.1 Å². The highest BCUT2D eigenvalue weighted by Crippen LogP contribution is 2.24. The molecule has 1 fully saturated rings. The molecule has 5 heteroatoms. The first-order valence-corrected chi connectivity index (χ1v) is 6.58. The summed E-state index contributed by atoms with van der Waals surface area (Å²) in [5.74, 6) is 1.23. The third-order valence-corrected chi connectivity index (χ3v) is 3.65. The van der Waals surface area contributed by atoms with Crippen LogP contribution in [0.1, 0.15) is 25.7 Å². The zero-order valence-corrected chi connectivity index (χ0v) is 10.9. The van der Waals surface area contributed by atoms with E-state index in [0.29, 0.717) is 36.0 Å². The summed E-state index contributed by atoms with van der Waals surface area (Å²) in [5, 5.41) is 0. The van der Waals surface area contributed by atoms with Gasteiger partial charge in [-0.15, -0.1) is 0 Å². The van der Waals surface area contributed by atoms with Crippen LogP contribution >= 0.6 is 0 Å². The lowest BCUT2D eigenvalue weighted by Gasteiger charge is -2.13. The van der Waals surface area contributed by atoms with Crippen LogP contribution in [-0.4, -0.2) is 22.3 Å². The molecule has 3 rings (SSSR count). The molecule has 0 spiro atoms. The maximum atomic E-state index is 11.9. The van der Waals surface area contributed by atoms with Crippen molar-refractivity contribution in [1.29, 1.82) is 0 Å². The van der Waals surface area contributed by atoms with E-state index >= 15 is 0 Å². The molecule has 5 nitrogen and oxygen atoms in total. The number of amides is 1. The molecule has 2 N–H and O–H groups in total. The van der Waals surface area contributed by atoms with Gasteiger partial charge in [0.25, 0.3) is 0 Å². The molecule has 0 bridgehead atoms. The molecule has 0 aliphatic carbocycles. The second-order valence-electron chi connectivity index (χ2n) is 5.09. The molecular formula is C14H17N3O2. The van der Waals surface area contributed by atoms with Crippen molar-refractivity contribution in [2.24, 2.45) is 5.92 Å². The van der Waals surface area contributed by atoms with Crippen molar-refractivity contribution < 1.29 is 9.21 Å². The number of nitrogens with two attached hydrogens (primary N) is 1. The number of nitrogens with zero attached hydrogens (tertiary/aromatic N) is 2. The summed E-state index contributed by atoms with van der Waals surface area (Å²) in [7, 11) is 0. The SMILES string of the molecule is CCC1CC(=O)N(Cc2nc3ccc(N)cc3o2)C1. The number of nitrogen functional groups attached to an aromatic ring is 1. The lowest BCUT2D eigenvalue weighted by Crippen LogP contribution is -2.24. The van der Waals surface area contributed by atoms with Crippen LogP contribution in [0, 0.1) is 5.92 Å². The normalized spacial score (nSPS) is 19.5. The van der Waals surface area contributed by atoms with Crippen molar-refractivity contribution >= 4 is 22.7 Å². The molecule has 19 heavy (non-hydrogen) atoms. The molecule has 100 valence electrons. The average molecular weight is 259 g/mol. The van der Waals surface area contributed by atoms with Gasteiger partial charge in [0.15, 0.2) is 5.58 Å². The molecular weight excluding hydrogens is 242 g/mol. The van der Waals surface area contributed by atoms with Crippen LogP contribution in [0.25, 0.3) is 11.1 Å². The molecule has 1 aromatic carbocycles. The molecule has 2 heterocycles. The summed E-state index contributed by atoms with van der Waals surface area (Å²) in [5.41, 5.74) is 7.81. The minimum Gasteiger partial charge on any atom is -0.439 e. The third kappa shape index (κ3) is 2.28. The van der Waals surface area contributed by atoms with Gasteiger partial charge >= 0.3 is 0 Å². The Morgan fingerprint density at radius 3 is 3.11 bits per heavy atom. The number of hydrogen-bond donors (Lipinski definition) is 1. The van der Waals surface area contributed by atoms with E-state index < -0.39 is 0 Å². The Kier molecular flexibility index (Phi) is 2.89. The summed E-state index contributed by atoms with van der Waals surface area (Å²) < 4.78 is 5.64. The molecule has 1 aliphatic heterocycles. The van der Waals surface area contributed by atoms with Gasteiger partial charge < -0.3 is 15.1 Å². The zero-order valence-electron chi connectivity index (χ0n) is 10.9. The first kappa shape index (κ1) is 12.0. The van der Waals surface area contributed by atoms with Crippen LogP contribution in [0.2, 0.25) is 0 Å². The molecule has 1 aliphatic rings. The van der Waals surface area contributed by atoms with Crippen LogP contribution in [0.5, 0.6) is 0 Å². The summed E-state index contributed by atoms with van der Waals surface area (Å²) >= 11 is 0. The van der Waals surface area contributed by atoms with Crippen molar-refractivity contribution in [2.45, 2.75) is 26.3 Å². The number of fused-ring (bicyclic) bond motifs is 1. The standard InChI is InChI=1S/C14H17N3O2/c1-2-9-5-14(18)17(7-9)8-13-16-11-4-3-10(15)6-12(11)19-13/h3-4,6,9H,2,5,7-8,15H2,1H3. The number of hydrogen-bond acceptors (Lipinski definition) is 4. The lowest BCUT2D eigenvalue weighted by atomic mass is 10.1. The highest BCUT2D eigenvalue weighted by atomic mass is 16.3. The van der Waals surface area contributed by atoms with Gasteiger partial charge in [0.1, 0.15) is 5.52 Å². The van der Waals surface area contributed by atoms with Gasteiger partial charge in [-0.3, -0.25) is 4.79 Å². The van der Waals surface area contributed by atoms with Gasteiger partial charge in [-0.2, -0.15) is 0 Å². The largest absolute Gasteiger partial charge is 0.439 e. The quantitative estimate of drug-likeness (QED) is 0.857. The van der Waals surface area contributed by atoms with Crippen LogP contribution in [0.4, 0.5) is 5.69 Å². The predicted octanol–water partition coefficient (Wildman–Crippen LogP) is 2.17. The van der Waals surface area contributed by atoms with E-state index in [-0.39, 0.29) is 5.91 Å². The Morgan fingerprint density at radius 2 is 2.37 bits per heavy atom. The summed E-state index contributed by atoms with van der Waals surface area (Å²) in [6, 6.07) is 5.38. The van der Waals surface area contributed by atoms with E-state index in [1.54, 1.807) is 12.1 Å². The maximum Gasteiger partial charge on any atom is 0.223 e. The van der Waals surface area contributed by atoms with Gasteiger partial charge in [-0.1, -0.05) is 13.3 Å². The van der Waals surface area contributed by atoms with Gasteiger partial charge in [0, 0.05) is 24.7 Å². The third-order valence-electron chi connectivity index (χ3n) is 3.65. The predicted molar refractivity (Wildman–Crippen MR) is 72.2 cm³/mol. The van der Waals surface area contributed by atoms with Crippen LogP contribution in [0.15, 0.2) is 22.6 Å². The molecule has 1 unspecified atom stereocenters. The van der Waals surface area contributed by atoms with Gasteiger partial charge in [0.05, 0.1) is 6.54 Å².